The Labute approximate surface area is 154 Å². The lowest BCUT2D eigenvalue weighted by Gasteiger charge is -2.10. The molecule has 0 radical (unpaired) electrons. The van der Waals surface area contributed by atoms with Gasteiger partial charge in [0.05, 0.1) is 16.8 Å². The van der Waals surface area contributed by atoms with Gasteiger partial charge in [0, 0.05) is 24.8 Å². The third kappa shape index (κ3) is 3.76. The second-order valence-corrected chi connectivity index (χ2v) is 6.82. The van der Waals surface area contributed by atoms with E-state index in [4.69, 9.17) is 5.11 Å². The highest BCUT2D eigenvalue weighted by atomic mass is 32.1. The molecule has 1 aromatic carbocycles. The molecular formula is C18H20N4O3S. The molecule has 7 nitrogen and oxygen atoms in total. The van der Waals surface area contributed by atoms with Gasteiger partial charge >= 0.3 is 6.03 Å². The van der Waals surface area contributed by atoms with E-state index >= 15 is 0 Å². The maximum absolute atomic E-state index is 12.3. The number of aromatic nitrogens is 2. The zero-order chi connectivity index (χ0) is 18.7. The second-order valence-electron chi connectivity index (χ2n) is 5.78. The number of fused-ring (bicyclic) bond motifs is 1. The molecule has 0 aliphatic carbocycles. The van der Waals surface area contributed by atoms with Crippen molar-refractivity contribution in [3.63, 3.8) is 0 Å². The van der Waals surface area contributed by atoms with Crippen LogP contribution in [0, 0.1) is 6.92 Å². The number of amides is 2. The fraction of sp³-hybridized carbons (Fsp3) is 0.278. The number of benzene rings is 1. The lowest BCUT2D eigenvalue weighted by Crippen LogP contribution is -2.28. The predicted octanol–water partition coefficient (Wildman–Crippen LogP) is 2.57. The van der Waals surface area contributed by atoms with Gasteiger partial charge in [-0.2, -0.15) is 0 Å². The number of carbonyl (C=O) groups excluding carboxylic acids is 1. The molecule has 0 bridgehead atoms. The first kappa shape index (κ1) is 18.1. The number of nitrogens with one attached hydrogen (secondary N) is 2. The number of hydrogen-bond acceptors (Lipinski definition) is 5. The Morgan fingerprint density at radius 1 is 1.27 bits per heavy atom. The average molecular weight is 372 g/mol. The monoisotopic (exact) mass is 372 g/mol. The van der Waals surface area contributed by atoms with Gasteiger partial charge in [0.1, 0.15) is 0 Å². The molecule has 0 atom stereocenters. The van der Waals surface area contributed by atoms with Crippen molar-refractivity contribution in [2.45, 2.75) is 20.4 Å². The Balaban J connectivity index is 1.94. The molecule has 136 valence electrons. The number of carbonyl (C=O) groups is 1. The number of aliphatic hydroxyl groups excluding tert-OH is 1. The van der Waals surface area contributed by atoms with Crippen LogP contribution in [0.15, 0.2) is 35.1 Å². The van der Waals surface area contributed by atoms with Crippen molar-refractivity contribution in [1.82, 2.24) is 14.9 Å². The van der Waals surface area contributed by atoms with Crippen molar-refractivity contribution >= 4 is 32.7 Å². The number of pyridine rings is 1. The Hall–Kier alpha value is -2.71. The quantitative estimate of drug-likeness (QED) is 0.641. The van der Waals surface area contributed by atoms with Gasteiger partial charge < -0.3 is 15.0 Å². The first-order valence-corrected chi connectivity index (χ1v) is 9.11. The Bertz CT molecular complexity index is 1010. The third-order valence-corrected chi connectivity index (χ3v) is 4.89. The summed E-state index contributed by atoms with van der Waals surface area (Å²) in [6, 6.07) is 8.96. The summed E-state index contributed by atoms with van der Waals surface area (Å²) in [4.78, 5) is 28.3. The SMILES string of the molecule is CCNC(=O)Nc1nc2cc(-c3cc(C)n(CCO)c(=O)c3)ccc2s1. The maximum Gasteiger partial charge on any atom is 0.321 e. The normalized spacial score (nSPS) is 10.9. The fourth-order valence-electron chi connectivity index (χ4n) is 2.74. The first-order chi connectivity index (χ1) is 12.5. The summed E-state index contributed by atoms with van der Waals surface area (Å²) in [5.74, 6) is 0. The number of hydrogen-bond donors (Lipinski definition) is 3. The number of aryl methyl sites for hydroxylation is 1. The molecule has 0 aliphatic heterocycles. The Morgan fingerprint density at radius 2 is 2.08 bits per heavy atom. The lowest BCUT2D eigenvalue weighted by atomic mass is 10.1. The molecule has 3 N–H and O–H groups in total. The van der Waals surface area contributed by atoms with Gasteiger partial charge in [-0.25, -0.2) is 9.78 Å². The molecule has 0 aliphatic rings. The highest BCUT2D eigenvalue weighted by Crippen LogP contribution is 2.30. The number of urea groups is 1. The van der Waals surface area contributed by atoms with Crippen LogP contribution in [0.1, 0.15) is 12.6 Å². The molecule has 0 saturated heterocycles. The second kappa shape index (κ2) is 7.67. The van der Waals surface area contributed by atoms with Gasteiger partial charge in [0.25, 0.3) is 5.56 Å². The first-order valence-electron chi connectivity index (χ1n) is 8.30. The summed E-state index contributed by atoms with van der Waals surface area (Å²) in [6.45, 7) is 4.44. The van der Waals surface area contributed by atoms with E-state index in [0.717, 1.165) is 27.0 Å². The zero-order valence-corrected chi connectivity index (χ0v) is 15.4. The van der Waals surface area contributed by atoms with Crippen molar-refractivity contribution in [3.8, 4) is 11.1 Å². The van der Waals surface area contributed by atoms with Gasteiger partial charge in [-0.1, -0.05) is 17.4 Å². The van der Waals surface area contributed by atoms with E-state index < -0.39 is 0 Å². The van der Waals surface area contributed by atoms with E-state index in [0.29, 0.717) is 11.7 Å². The molecule has 26 heavy (non-hydrogen) atoms. The minimum absolute atomic E-state index is 0.0771. The third-order valence-electron chi connectivity index (χ3n) is 3.94. The molecule has 0 saturated carbocycles. The van der Waals surface area contributed by atoms with Gasteiger partial charge in [-0.3, -0.25) is 10.1 Å². The summed E-state index contributed by atoms with van der Waals surface area (Å²) in [5, 5.41) is 15.0. The summed E-state index contributed by atoms with van der Waals surface area (Å²) in [6.07, 6.45) is 0. The van der Waals surface area contributed by atoms with Gasteiger partial charge in [-0.15, -0.1) is 0 Å². The summed E-state index contributed by atoms with van der Waals surface area (Å²) < 4.78 is 2.49. The Morgan fingerprint density at radius 3 is 2.77 bits per heavy atom. The van der Waals surface area contributed by atoms with E-state index in [2.05, 4.69) is 15.6 Å². The fourth-order valence-corrected chi connectivity index (χ4v) is 3.59. The molecule has 2 heterocycles. The highest BCUT2D eigenvalue weighted by Gasteiger charge is 2.10. The van der Waals surface area contributed by atoms with Crippen molar-refractivity contribution in [2.75, 3.05) is 18.5 Å². The predicted molar refractivity (Wildman–Crippen MR) is 104 cm³/mol. The summed E-state index contributed by atoms with van der Waals surface area (Å²) in [7, 11) is 0. The van der Waals surface area contributed by atoms with Gasteiger partial charge in [0.2, 0.25) is 0 Å². The molecule has 0 spiro atoms. The van der Waals surface area contributed by atoms with E-state index in [1.54, 1.807) is 10.6 Å². The van der Waals surface area contributed by atoms with E-state index in [9.17, 15) is 9.59 Å². The van der Waals surface area contributed by atoms with Crippen molar-refractivity contribution in [2.24, 2.45) is 0 Å². The number of aliphatic hydroxyl groups is 1. The van der Waals surface area contributed by atoms with E-state index in [1.807, 2.05) is 38.1 Å². The van der Waals surface area contributed by atoms with Crippen LogP contribution in [0.25, 0.3) is 21.3 Å². The lowest BCUT2D eigenvalue weighted by molar-refractivity contribution is 0.252. The molecule has 3 rings (SSSR count). The molecule has 3 aromatic rings. The van der Waals surface area contributed by atoms with E-state index in [1.165, 1.54) is 11.3 Å². The standard InChI is InChI=1S/C18H20N4O3S/c1-3-19-17(25)21-18-20-14-9-12(4-5-15(14)26-18)13-8-11(2)22(6-7-23)16(24)10-13/h4-5,8-10,23H,3,6-7H2,1-2H3,(H2,19,20,21,25). The van der Waals surface area contributed by atoms with Crippen LogP contribution in [-0.4, -0.2) is 33.8 Å². The highest BCUT2D eigenvalue weighted by molar-refractivity contribution is 7.22. The minimum atomic E-state index is -0.283. The summed E-state index contributed by atoms with van der Waals surface area (Å²) in [5.41, 5.74) is 3.08. The van der Waals surface area contributed by atoms with Crippen LogP contribution in [0.4, 0.5) is 9.93 Å². The van der Waals surface area contributed by atoms with Crippen LogP contribution in [0.3, 0.4) is 0 Å². The smallest absolute Gasteiger partial charge is 0.321 e. The molecule has 8 heteroatoms. The summed E-state index contributed by atoms with van der Waals surface area (Å²) >= 11 is 1.39. The molecule has 2 aromatic heterocycles. The number of thiazole rings is 1. The van der Waals surface area contributed by atoms with Crippen LogP contribution < -0.4 is 16.2 Å². The largest absolute Gasteiger partial charge is 0.395 e. The molecular weight excluding hydrogens is 352 g/mol. The van der Waals surface area contributed by atoms with E-state index in [-0.39, 0.29) is 24.7 Å². The molecule has 2 amide bonds. The van der Waals surface area contributed by atoms with Crippen molar-refractivity contribution in [1.29, 1.82) is 0 Å². The van der Waals surface area contributed by atoms with Crippen LogP contribution >= 0.6 is 11.3 Å². The average Bonchev–Trinajstić information content (AvgIpc) is 2.99. The number of anilines is 1. The Kier molecular flexibility index (Phi) is 5.34. The van der Waals surface area contributed by atoms with Gasteiger partial charge in [0.15, 0.2) is 5.13 Å². The number of nitrogens with zero attached hydrogens (tertiary/aromatic N) is 2. The molecule has 0 fully saturated rings. The topological polar surface area (TPSA) is 96.2 Å². The van der Waals surface area contributed by atoms with Crippen LogP contribution in [-0.2, 0) is 6.54 Å². The van der Waals surface area contributed by atoms with Crippen LogP contribution in [0.2, 0.25) is 0 Å². The minimum Gasteiger partial charge on any atom is -0.395 e. The van der Waals surface area contributed by atoms with Crippen molar-refractivity contribution < 1.29 is 9.90 Å². The maximum atomic E-state index is 12.3. The zero-order valence-electron chi connectivity index (χ0n) is 14.6. The van der Waals surface area contributed by atoms with Crippen LogP contribution in [0.5, 0.6) is 0 Å². The van der Waals surface area contributed by atoms with Gasteiger partial charge in [-0.05, 0) is 43.2 Å². The van der Waals surface area contributed by atoms with Crippen molar-refractivity contribution in [3.05, 3.63) is 46.4 Å². The molecule has 0 unspecified atom stereocenters. The number of rotatable bonds is 5.